The maximum atomic E-state index is 13.1. The summed E-state index contributed by atoms with van der Waals surface area (Å²) < 4.78 is 18.6. The fraction of sp³-hybridized carbons (Fsp3) is 0.435. The molecule has 0 amide bonds. The standard InChI is InChI=1S/C23H26Cl2FNO2/c24-19-7-10-21(22(25)15-19)18(11-14-27-12-3-1-2-4-13-27)16-29-23(28)17-5-8-20(26)9-6-17/h5-10,15,18H,1-4,11-14,16H2. The van der Waals surface area contributed by atoms with Gasteiger partial charge in [-0.1, -0.05) is 42.1 Å². The van der Waals surface area contributed by atoms with Crippen LogP contribution in [-0.2, 0) is 4.74 Å². The fourth-order valence-electron chi connectivity index (χ4n) is 3.70. The van der Waals surface area contributed by atoms with Crippen LogP contribution in [0.4, 0.5) is 4.39 Å². The first-order chi connectivity index (χ1) is 14.0. The van der Waals surface area contributed by atoms with Crippen LogP contribution >= 0.6 is 23.2 Å². The predicted molar refractivity (Wildman–Crippen MR) is 115 cm³/mol. The van der Waals surface area contributed by atoms with Gasteiger partial charge in [-0.25, -0.2) is 9.18 Å². The highest BCUT2D eigenvalue weighted by atomic mass is 35.5. The van der Waals surface area contributed by atoms with Crippen molar-refractivity contribution in [1.82, 2.24) is 4.90 Å². The van der Waals surface area contributed by atoms with Gasteiger partial charge in [-0.15, -0.1) is 0 Å². The Morgan fingerprint density at radius 3 is 2.38 bits per heavy atom. The molecule has 0 aromatic heterocycles. The number of likely N-dealkylation sites (tertiary alicyclic amines) is 1. The Balaban J connectivity index is 1.67. The molecule has 1 unspecified atom stereocenters. The van der Waals surface area contributed by atoms with E-state index in [1.54, 1.807) is 6.07 Å². The van der Waals surface area contributed by atoms with E-state index in [0.29, 0.717) is 15.6 Å². The van der Waals surface area contributed by atoms with Gasteiger partial charge in [0.15, 0.2) is 0 Å². The van der Waals surface area contributed by atoms with Gasteiger partial charge in [0, 0.05) is 16.0 Å². The van der Waals surface area contributed by atoms with Gasteiger partial charge in [-0.3, -0.25) is 0 Å². The van der Waals surface area contributed by atoms with E-state index in [1.807, 2.05) is 12.1 Å². The van der Waals surface area contributed by atoms with Crippen LogP contribution in [0, 0.1) is 5.82 Å². The van der Waals surface area contributed by atoms with Crippen LogP contribution in [0.15, 0.2) is 42.5 Å². The molecule has 3 nitrogen and oxygen atoms in total. The summed E-state index contributed by atoms with van der Waals surface area (Å²) in [5, 5.41) is 1.16. The zero-order valence-electron chi connectivity index (χ0n) is 16.4. The summed E-state index contributed by atoms with van der Waals surface area (Å²) in [7, 11) is 0. The van der Waals surface area contributed by atoms with Gasteiger partial charge >= 0.3 is 5.97 Å². The predicted octanol–water partition coefficient (Wildman–Crippen LogP) is 6.34. The van der Waals surface area contributed by atoms with E-state index < -0.39 is 5.97 Å². The molecule has 0 aliphatic carbocycles. The molecule has 0 saturated carbocycles. The normalized spacial score (nSPS) is 16.2. The Kier molecular flexibility index (Phi) is 8.34. The molecule has 156 valence electrons. The number of carbonyl (C=O) groups excluding carboxylic acids is 1. The number of nitrogens with zero attached hydrogens (tertiary/aromatic N) is 1. The van der Waals surface area contributed by atoms with Crippen molar-refractivity contribution in [3.8, 4) is 0 Å². The van der Waals surface area contributed by atoms with Gasteiger partial charge in [0.25, 0.3) is 0 Å². The zero-order chi connectivity index (χ0) is 20.6. The summed E-state index contributed by atoms with van der Waals surface area (Å²) in [6.45, 7) is 3.36. The number of carbonyl (C=O) groups is 1. The van der Waals surface area contributed by atoms with E-state index in [4.69, 9.17) is 27.9 Å². The van der Waals surface area contributed by atoms with E-state index in [9.17, 15) is 9.18 Å². The first kappa shape index (κ1) is 22.1. The molecule has 1 fully saturated rings. The monoisotopic (exact) mass is 437 g/mol. The topological polar surface area (TPSA) is 29.5 Å². The number of benzene rings is 2. The van der Waals surface area contributed by atoms with Crippen LogP contribution in [0.1, 0.15) is 53.9 Å². The maximum Gasteiger partial charge on any atom is 0.338 e. The van der Waals surface area contributed by atoms with Crippen molar-refractivity contribution in [2.75, 3.05) is 26.2 Å². The van der Waals surface area contributed by atoms with E-state index in [-0.39, 0.29) is 18.3 Å². The van der Waals surface area contributed by atoms with E-state index in [0.717, 1.165) is 31.6 Å². The lowest BCUT2D eigenvalue weighted by Crippen LogP contribution is -2.28. The second kappa shape index (κ2) is 11.0. The average Bonchev–Trinajstić information content (AvgIpc) is 2.98. The molecule has 1 aliphatic heterocycles. The Hall–Kier alpha value is -1.62. The van der Waals surface area contributed by atoms with Crippen molar-refractivity contribution in [1.29, 1.82) is 0 Å². The first-order valence-electron chi connectivity index (χ1n) is 10.1. The van der Waals surface area contributed by atoms with Gasteiger partial charge in [0.2, 0.25) is 0 Å². The molecule has 1 atom stereocenters. The van der Waals surface area contributed by atoms with Crippen molar-refractivity contribution in [3.63, 3.8) is 0 Å². The Labute approximate surface area is 181 Å². The molecular weight excluding hydrogens is 412 g/mol. The van der Waals surface area contributed by atoms with Crippen LogP contribution < -0.4 is 0 Å². The second-order valence-electron chi connectivity index (χ2n) is 7.51. The lowest BCUT2D eigenvalue weighted by Gasteiger charge is -2.24. The molecule has 2 aromatic carbocycles. The zero-order valence-corrected chi connectivity index (χ0v) is 17.9. The molecule has 2 aromatic rings. The summed E-state index contributed by atoms with van der Waals surface area (Å²) in [6.07, 6.45) is 5.87. The minimum absolute atomic E-state index is 0.0348. The van der Waals surface area contributed by atoms with E-state index in [1.165, 1.54) is 49.9 Å². The molecule has 3 rings (SSSR count). The van der Waals surface area contributed by atoms with E-state index >= 15 is 0 Å². The van der Waals surface area contributed by atoms with Crippen LogP contribution in [0.3, 0.4) is 0 Å². The van der Waals surface area contributed by atoms with Crippen LogP contribution in [-0.4, -0.2) is 37.1 Å². The molecule has 0 radical (unpaired) electrons. The first-order valence-corrected chi connectivity index (χ1v) is 10.9. The van der Waals surface area contributed by atoms with Gasteiger partial charge in [-0.2, -0.15) is 0 Å². The van der Waals surface area contributed by atoms with Crippen molar-refractivity contribution < 1.29 is 13.9 Å². The average molecular weight is 438 g/mol. The number of hydrogen-bond acceptors (Lipinski definition) is 3. The number of rotatable bonds is 7. The summed E-state index contributed by atoms with van der Waals surface area (Å²) in [5.41, 5.74) is 1.26. The number of halogens is 3. The Morgan fingerprint density at radius 1 is 1.03 bits per heavy atom. The Bertz CT molecular complexity index is 805. The third kappa shape index (κ3) is 6.70. The lowest BCUT2D eigenvalue weighted by atomic mass is 9.96. The fourth-order valence-corrected chi connectivity index (χ4v) is 4.27. The highest BCUT2D eigenvalue weighted by Gasteiger charge is 2.20. The van der Waals surface area contributed by atoms with Crippen LogP contribution in [0.5, 0.6) is 0 Å². The maximum absolute atomic E-state index is 13.1. The molecule has 1 heterocycles. The third-order valence-electron chi connectivity index (χ3n) is 5.39. The summed E-state index contributed by atoms with van der Waals surface area (Å²) in [5.74, 6) is -0.882. The number of ether oxygens (including phenoxy) is 1. The SMILES string of the molecule is O=C(OCC(CCN1CCCCCC1)c1ccc(Cl)cc1Cl)c1ccc(F)cc1. The molecule has 0 bridgehead atoms. The van der Waals surface area contributed by atoms with Crippen molar-refractivity contribution in [3.05, 3.63) is 69.5 Å². The van der Waals surface area contributed by atoms with Gasteiger partial charge in [0.1, 0.15) is 5.82 Å². The molecule has 6 heteroatoms. The van der Waals surface area contributed by atoms with Gasteiger partial charge in [-0.05, 0) is 80.9 Å². The van der Waals surface area contributed by atoms with Crippen molar-refractivity contribution in [2.24, 2.45) is 0 Å². The lowest BCUT2D eigenvalue weighted by molar-refractivity contribution is 0.0470. The number of hydrogen-bond donors (Lipinski definition) is 0. The quantitative estimate of drug-likeness (QED) is 0.473. The highest BCUT2D eigenvalue weighted by Crippen LogP contribution is 2.30. The third-order valence-corrected chi connectivity index (χ3v) is 5.95. The summed E-state index contributed by atoms with van der Waals surface area (Å²) in [4.78, 5) is 14.9. The van der Waals surface area contributed by atoms with Gasteiger partial charge < -0.3 is 9.64 Å². The van der Waals surface area contributed by atoms with Crippen LogP contribution in [0.25, 0.3) is 0 Å². The van der Waals surface area contributed by atoms with Crippen molar-refractivity contribution >= 4 is 29.2 Å². The minimum Gasteiger partial charge on any atom is -0.461 e. The highest BCUT2D eigenvalue weighted by molar-refractivity contribution is 6.35. The molecule has 29 heavy (non-hydrogen) atoms. The molecular formula is C23H26Cl2FNO2. The summed E-state index contributed by atoms with van der Waals surface area (Å²) in [6, 6.07) is 10.8. The molecule has 1 saturated heterocycles. The Morgan fingerprint density at radius 2 is 1.72 bits per heavy atom. The molecule has 0 spiro atoms. The van der Waals surface area contributed by atoms with Crippen molar-refractivity contribution in [2.45, 2.75) is 38.0 Å². The smallest absolute Gasteiger partial charge is 0.338 e. The number of esters is 1. The summed E-state index contributed by atoms with van der Waals surface area (Å²) >= 11 is 12.5. The van der Waals surface area contributed by atoms with E-state index in [2.05, 4.69) is 4.90 Å². The van der Waals surface area contributed by atoms with Crippen LogP contribution in [0.2, 0.25) is 10.0 Å². The van der Waals surface area contributed by atoms with Gasteiger partial charge in [0.05, 0.1) is 12.2 Å². The molecule has 0 N–H and O–H groups in total. The largest absolute Gasteiger partial charge is 0.461 e. The second-order valence-corrected chi connectivity index (χ2v) is 8.36. The minimum atomic E-state index is -0.463. The molecule has 1 aliphatic rings.